The maximum absolute atomic E-state index is 11.8. The number of carbonyl (C=O) groups excluding carboxylic acids is 1. The van der Waals surface area contributed by atoms with Gasteiger partial charge in [0.15, 0.2) is 5.96 Å². The summed E-state index contributed by atoms with van der Waals surface area (Å²) in [5, 5.41) is 9.30. The molecule has 0 aliphatic carbocycles. The summed E-state index contributed by atoms with van der Waals surface area (Å²) in [6.07, 6.45) is 0.811. The highest BCUT2D eigenvalue weighted by Crippen LogP contribution is 2.06. The molecular weight excluding hydrogens is 376 g/mol. The van der Waals surface area contributed by atoms with Gasteiger partial charge in [-0.25, -0.2) is 0 Å². The van der Waals surface area contributed by atoms with Crippen molar-refractivity contribution < 1.29 is 9.53 Å². The van der Waals surface area contributed by atoms with Gasteiger partial charge in [0, 0.05) is 32.2 Å². The van der Waals surface area contributed by atoms with Gasteiger partial charge in [0.2, 0.25) is 0 Å². The molecule has 3 N–H and O–H groups in total. The number of benzene rings is 2. The highest BCUT2D eigenvalue weighted by molar-refractivity contribution is 5.94. The molecule has 2 aromatic carbocycles. The van der Waals surface area contributed by atoms with E-state index in [-0.39, 0.29) is 5.91 Å². The zero-order valence-electron chi connectivity index (χ0n) is 18.3. The van der Waals surface area contributed by atoms with E-state index >= 15 is 0 Å². The van der Waals surface area contributed by atoms with Crippen LogP contribution in [-0.2, 0) is 17.8 Å². The molecule has 0 spiro atoms. The quantitative estimate of drug-likeness (QED) is 0.393. The number of nitrogens with one attached hydrogen (secondary N) is 3. The molecule has 0 aliphatic rings. The van der Waals surface area contributed by atoms with Crippen molar-refractivity contribution in [3.05, 3.63) is 71.3 Å². The van der Waals surface area contributed by atoms with Crippen LogP contribution in [0.15, 0.2) is 59.6 Å². The Labute approximate surface area is 180 Å². The van der Waals surface area contributed by atoms with E-state index in [1.54, 1.807) is 7.05 Å². The van der Waals surface area contributed by atoms with Gasteiger partial charge in [-0.3, -0.25) is 9.79 Å². The lowest BCUT2D eigenvalue weighted by molar-refractivity contribution is 0.0944. The largest absolute Gasteiger partial charge is 0.376 e. The SMILES string of the molecule is CCNC(=NCC(C)COCc1ccccc1)NCCc1cccc(C(=O)NC)c1. The standard InChI is InChI=1S/C24H34N4O2/c1-4-26-24(27-14-13-20-11-8-12-22(15-20)23(29)25-3)28-16-19(2)17-30-18-21-9-6-5-7-10-21/h5-12,15,19H,4,13-14,16-18H2,1-3H3,(H,25,29)(H2,26,27,28). The van der Waals surface area contributed by atoms with Crippen molar-refractivity contribution in [1.82, 2.24) is 16.0 Å². The molecular formula is C24H34N4O2. The van der Waals surface area contributed by atoms with Crippen molar-refractivity contribution in [1.29, 1.82) is 0 Å². The first-order valence-electron chi connectivity index (χ1n) is 10.6. The summed E-state index contributed by atoms with van der Waals surface area (Å²) in [5.74, 6) is 1.06. The molecule has 0 bridgehead atoms. The van der Waals surface area contributed by atoms with Crippen molar-refractivity contribution >= 4 is 11.9 Å². The van der Waals surface area contributed by atoms with E-state index in [0.29, 0.717) is 31.2 Å². The average Bonchev–Trinajstić information content (AvgIpc) is 2.78. The topological polar surface area (TPSA) is 74.8 Å². The molecule has 0 heterocycles. The summed E-state index contributed by atoms with van der Waals surface area (Å²) >= 11 is 0. The maximum Gasteiger partial charge on any atom is 0.251 e. The minimum Gasteiger partial charge on any atom is -0.376 e. The van der Waals surface area contributed by atoms with Crippen molar-refractivity contribution in [2.75, 3.05) is 33.3 Å². The van der Waals surface area contributed by atoms with Crippen LogP contribution in [0, 0.1) is 5.92 Å². The number of guanidine groups is 1. The van der Waals surface area contributed by atoms with Crippen molar-refractivity contribution in [2.45, 2.75) is 26.9 Å². The van der Waals surface area contributed by atoms with Crippen LogP contribution in [0.3, 0.4) is 0 Å². The Hall–Kier alpha value is -2.86. The Kier molecular flexibility index (Phi) is 10.4. The second-order valence-electron chi connectivity index (χ2n) is 7.28. The maximum atomic E-state index is 11.8. The molecule has 0 radical (unpaired) electrons. The van der Waals surface area contributed by atoms with E-state index in [4.69, 9.17) is 4.74 Å². The molecule has 0 aliphatic heterocycles. The van der Waals surface area contributed by atoms with E-state index in [9.17, 15) is 4.79 Å². The van der Waals surface area contributed by atoms with Gasteiger partial charge in [-0.1, -0.05) is 49.4 Å². The molecule has 2 aromatic rings. The number of aliphatic imine (C=N–C) groups is 1. The highest BCUT2D eigenvalue weighted by atomic mass is 16.5. The van der Waals surface area contributed by atoms with Crippen LogP contribution >= 0.6 is 0 Å². The third-order valence-corrected chi connectivity index (χ3v) is 4.54. The molecule has 0 fully saturated rings. The zero-order chi connectivity index (χ0) is 21.6. The van der Waals surface area contributed by atoms with Gasteiger partial charge in [-0.15, -0.1) is 0 Å². The van der Waals surface area contributed by atoms with Crippen molar-refractivity contribution in [2.24, 2.45) is 10.9 Å². The van der Waals surface area contributed by atoms with E-state index in [2.05, 4.69) is 46.9 Å². The Morgan fingerprint density at radius 1 is 1.07 bits per heavy atom. The summed E-state index contributed by atoms with van der Waals surface area (Å²) in [6, 6.07) is 17.9. The first kappa shape index (κ1) is 23.4. The van der Waals surface area contributed by atoms with Gasteiger partial charge in [-0.2, -0.15) is 0 Å². The molecule has 1 amide bonds. The summed E-state index contributed by atoms with van der Waals surface area (Å²) in [7, 11) is 1.64. The number of ether oxygens (including phenoxy) is 1. The third kappa shape index (κ3) is 8.66. The molecule has 6 nitrogen and oxygen atoms in total. The van der Waals surface area contributed by atoms with Gasteiger partial charge >= 0.3 is 0 Å². The van der Waals surface area contributed by atoms with Crippen LogP contribution in [0.25, 0.3) is 0 Å². The predicted molar refractivity (Wildman–Crippen MR) is 123 cm³/mol. The lowest BCUT2D eigenvalue weighted by Gasteiger charge is -2.14. The number of hydrogen-bond acceptors (Lipinski definition) is 3. The molecule has 1 unspecified atom stereocenters. The summed E-state index contributed by atoms with van der Waals surface area (Å²) < 4.78 is 5.81. The minimum atomic E-state index is -0.0665. The molecule has 0 aromatic heterocycles. The average molecular weight is 411 g/mol. The third-order valence-electron chi connectivity index (χ3n) is 4.54. The van der Waals surface area contributed by atoms with E-state index in [1.807, 2.05) is 42.5 Å². The fourth-order valence-electron chi connectivity index (χ4n) is 2.93. The molecule has 162 valence electrons. The zero-order valence-corrected chi connectivity index (χ0v) is 18.3. The van der Waals surface area contributed by atoms with Gasteiger partial charge in [0.05, 0.1) is 13.2 Å². The van der Waals surface area contributed by atoms with Crippen molar-refractivity contribution in [3.63, 3.8) is 0 Å². The summed E-state index contributed by atoms with van der Waals surface area (Å²) in [4.78, 5) is 16.5. The lowest BCUT2D eigenvalue weighted by Crippen LogP contribution is -2.38. The molecule has 0 saturated carbocycles. The Bertz CT molecular complexity index is 793. The van der Waals surface area contributed by atoms with Crippen LogP contribution < -0.4 is 16.0 Å². The Balaban J connectivity index is 1.76. The summed E-state index contributed by atoms with van der Waals surface area (Å²) in [5.41, 5.74) is 2.98. The first-order valence-corrected chi connectivity index (χ1v) is 10.6. The second-order valence-corrected chi connectivity index (χ2v) is 7.28. The summed E-state index contributed by atoms with van der Waals surface area (Å²) in [6.45, 7) is 7.72. The molecule has 1 atom stereocenters. The van der Waals surface area contributed by atoms with Gasteiger partial charge in [0.1, 0.15) is 0 Å². The fraction of sp³-hybridized carbons (Fsp3) is 0.417. The number of amides is 1. The number of nitrogens with zero attached hydrogens (tertiary/aromatic N) is 1. The Morgan fingerprint density at radius 3 is 2.57 bits per heavy atom. The van der Waals surface area contributed by atoms with Gasteiger partial charge < -0.3 is 20.7 Å². The smallest absolute Gasteiger partial charge is 0.251 e. The van der Waals surface area contributed by atoms with Gasteiger partial charge in [0.25, 0.3) is 5.91 Å². The van der Waals surface area contributed by atoms with Crippen molar-refractivity contribution in [3.8, 4) is 0 Å². The molecule has 2 rings (SSSR count). The number of rotatable bonds is 11. The van der Waals surface area contributed by atoms with Crippen LogP contribution in [0.5, 0.6) is 0 Å². The minimum absolute atomic E-state index is 0.0665. The van der Waals surface area contributed by atoms with E-state index in [0.717, 1.165) is 31.0 Å². The molecule has 30 heavy (non-hydrogen) atoms. The Morgan fingerprint density at radius 2 is 1.83 bits per heavy atom. The van der Waals surface area contributed by atoms with Crippen LogP contribution in [0.4, 0.5) is 0 Å². The molecule has 0 saturated heterocycles. The first-order chi connectivity index (χ1) is 14.6. The van der Waals surface area contributed by atoms with E-state index < -0.39 is 0 Å². The van der Waals surface area contributed by atoms with Crippen LogP contribution in [0.2, 0.25) is 0 Å². The second kappa shape index (κ2) is 13.4. The van der Waals surface area contributed by atoms with E-state index in [1.165, 1.54) is 5.56 Å². The monoisotopic (exact) mass is 410 g/mol. The lowest BCUT2D eigenvalue weighted by atomic mass is 10.1. The normalized spacial score (nSPS) is 12.3. The van der Waals surface area contributed by atoms with Gasteiger partial charge in [-0.05, 0) is 42.5 Å². The highest BCUT2D eigenvalue weighted by Gasteiger charge is 2.06. The molecule has 6 heteroatoms. The number of carbonyl (C=O) groups is 1. The number of hydrogen-bond donors (Lipinski definition) is 3. The van der Waals surface area contributed by atoms with Crippen LogP contribution in [-0.4, -0.2) is 45.2 Å². The predicted octanol–water partition coefficient (Wildman–Crippen LogP) is 3.00. The van der Waals surface area contributed by atoms with Crippen LogP contribution in [0.1, 0.15) is 35.3 Å². The fourth-order valence-corrected chi connectivity index (χ4v) is 2.93.